The van der Waals surface area contributed by atoms with E-state index in [9.17, 15) is 17.6 Å². The topological polar surface area (TPSA) is 103 Å². The molecule has 0 unspecified atom stereocenters. The molecule has 1 aromatic carbocycles. The van der Waals surface area contributed by atoms with Gasteiger partial charge in [0.15, 0.2) is 15.5 Å². The van der Waals surface area contributed by atoms with Gasteiger partial charge in [0.1, 0.15) is 11.9 Å². The predicted molar refractivity (Wildman–Crippen MR) is 123 cm³/mol. The molecule has 182 valence electrons. The Balaban J connectivity index is 1.57. The van der Waals surface area contributed by atoms with Crippen LogP contribution in [0.2, 0.25) is 0 Å². The third kappa shape index (κ3) is 4.84. The highest BCUT2D eigenvalue weighted by molar-refractivity contribution is 7.90. The minimum absolute atomic E-state index is 0.0940. The van der Waals surface area contributed by atoms with E-state index >= 15 is 0 Å². The molecule has 1 aliphatic rings. The van der Waals surface area contributed by atoms with Crippen molar-refractivity contribution in [3.8, 4) is 17.0 Å². The first-order valence-electron chi connectivity index (χ1n) is 11.0. The molecule has 1 saturated heterocycles. The van der Waals surface area contributed by atoms with Crippen LogP contribution in [0.1, 0.15) is 32.4 Å². The zero-order valence-electron chi connectivity index (χ0n) is 19.5. The first kappa shape index (κ1) is 23.9. The van der Waals surface area contributed by atoms with Gasteiger partial charge in [-0.3, -0.25) is 0 Å². The van der Waals surface area contributed by atoms with E-state index in [2.05, 4.69) is 10.1 Å². The first-order chi connectivity index (χ1) is 16.0. The molecule has 0 aliphatic carbocycles. The molecule has 1 aliphatic heterocycles. The van der Waals surface area contributed by atoms with Crippen LogP contribution in [0.3, 0.4) is 0 Å². The van der Waals surface area contributed by atoms with Gasteiger partial charge in [0.25, 0.3) is 0 Å². The van der Waals surface area contributed by atoms with E-state index in [0.29, 0.717) is 48.7 Å². The van der Waals surface area contributed by atoms with Crippen molar-refractivity contribution in [3.05, 3.63) is 42.0 Å². The second kappa shape index (κ2) is 9.21. The van der Waals surface area contributed by atoms with Crippen LogP contribution in [0.25, 0.3) is 16.8 Å². The second-order valence-electron chi connectivity index (χ2n) is 8.63. The summed E-state index contributed by atoms with van der Waals surface area (Å²) >= 11 is 0. The monoisotopic (exact) mass is 490 g/mol. The normalized spacial score (nSPS) is 15.2. The van der Waals surface area contributed by atoms with Crippen molar-refractivity contribution in [1.82, 2.24) is 19.5 Å². The lowest BCUT2D eigenvalue weighted by molar-refractivity contribution is 0.0502. The van der Waals surface area contributed by atoms with E-state index in [4.69, 9.17) is 9.47 Å². The summed E-state index contributed by atoms with van der Waals surface area (Å²) in [6.45, 7) is 6.40. The average molecular weight is 491 g/mol. The van der Waals surface area contributed by atoms with Crippen molar-refractivity contribution in [2.75, 3.05) is 19.3 Å². The van der Waals surface area contributed by atoms with Gasteiger partial charge in [-0.1, -0.05) is 0 Å². The Morgan fingerprint density at radius 1 is 1.21 bits per heavy atom. The number of likely N-dealkylation sites (tertiary alicyclic amines) is 1. The quantitative estimate of drug-likeness (QED) is 0.538. The Morgan fingerprint density at radius 3 is 2.53 bits per heavy atom. The third-order valence-electron chi connectivity index (χ3n) is 5.62. The number of carbonyl (C=O) groups is 1. The van der Waals surface area contributed by atoms with E-state index in [1.54, 1.807) is 24.1 Å². The first-order valence-corrected chi connectivity index (χ1v) is 12.9. The van der Waals surface area contributed by atoms with Crippen molar-refractivity contribution in [3.63, 3.8) is 0 Å². The molecule has 3 heterocycles. The van der Waals surface area contributed by atoms with Gasteiger partial charge in [-0.15, -0.1) is 0 Å². The molecule has 1 amide bonds. The third-order valence-corrected chi connectivity index (χ3v) is 6.73. The van der Waals surface area contributed by atoms with Crippen LogP contribution in [0.4, 0.5) is 9.18 Å². The summed E-state index contributed by atoms with van der Waals surface area (Å²) in [5, 5.41) is 4.50. The maximum Gasteiger partial charge on any atom is 0.410 e. The van der Waals surface area contributed by atoms with Crippen LogP contribution in [0, 0.1) is 12.7 Å². The van der Waals surface area contributed by atoms with Crippen LogP contribution < -0.4 is 4.74 Å². The highest BCUT2D eigenvalue weighted by Crippen LogP contribution is 2.32. The Kier molecular flexibility index (Phi) is 6.48. The Morgan fingerprint density at radius 2 is 1.91 bits per heavy atom. The predicted octanol–water partition coefficient (Wildman–Crippen LogP) is 3.64. The summed E-state index contributed by atoms with van der Waals surface area (Å²) in [4.78, 5) is 18.1. The number of piperidine rings is 1. The summed E-state index contributed by atoms with van der Waals surface area (Å²) in [6, 6.07) is 5.49. The standard InChI is InChI=1S/C23H27FN4O5S/c1-14(2)32-23(29)27-11-8-16(9-12-27)33-20-7-10-25-22-21(15(3)26-28(20)22)18-6-5-17(13-19(18)24)34(4,30)31/h5-7,10,13-14,16H,8-9,11-12H2,1-4H3. The molecule has 34 heavy (non-hydrogen) atoms. The number of nitrogens with zero attached hydrogens (tertiary/aromatic N) is 4. The van der Waals surface area contributed by atoms with Gasteiger partial charge >= 0.3 is 6.09 Å². The number of aryl methyl sites for hydroxylation is 1. The number of hydrogen-bond donors (Lipinski definition) is 0. The van der Waals surface area contributed by atoms with Gasteiger partial charge in [-0.05, 0) is 39.0 Å². The Bertz CT molecular complexity index is 1330. The zero-order chi connectivity index (χ0) is 24.6. The van der Waals surface area contributed by atoms with Crippen molar-refractivity contribution in [1.29, 1.82) is 0 Å². The molecule has 0 bridgehead atoms. The molecule has 11 heteroatoms. The number of aromatic nitrogens is 3. The molecular weight excluding hydrogens is 463 g/mol. The van der Waals surface area contributed by atoms with Crippen LogP contribution in [0.5, 0.6) is 5.88 Å². The largest absolute Gasteiger partial charge is 0.474 e. The number of ether oxygens (including phenoxy) is 2. The summed E-state index contributed by atoms with van der Waals surface area (Å²) < 4.78 is 51.4. The fourth-order valence-electron chi connectivity index (χ4n) is 3.97. The number of fused-ring (bicyclic) bond motifs is 1. The Labute approximate surface area is 197 Å². The van der Waals surface area contributed by atoms with Gasteiger partial charge in [-0.25, -0.2) is 22.6 Å². The number of benzene rings is 1. The molecule has 0 N–H and O–H groups in total. The Hall–Kier alpha value is -3.21. The lowest BCUT2D eigenvalue weighted by atomic mass is 10.1. The maximum absolute atomic E-state index is 14.9. The van der Waals surface area contributed by atoms with Crippen molar-refractivity contribution in [2.45, 2.75) is 50.7 Å². The SMILES string of the molecule is Cc1nn2c(OC3CCN(C(=O)OC(C)C)CC3)ccnc2c1-c1ccc(S(C)(=O)=O)cc1F. The van der Waals surface area contributed by atoms with Gasteiger partial charge in [0.2, 0.25) is 5.88 Å². The average Bonchev–Trinajstić information content (AvgIpc) is 3.10. The van der Waals surface area contributed by atoms with E-state index in [1.165, 1.54) is 16.6 Å². The highest BCUT2D eigenvalue weighted by atomic mass is 32.2. The van der Waals surface area contributed by atoms with Crippen LogP contribution in [-0.4, -0.2) is 65.6 Å². The molecule has 2 aromatic heterocycles. The molecule has 0 spiro atoms. The van der Waals surface area contributed by atoms with Crippen LogP contribution in [-0.2, 0) is 14.6 Å². The number of carbonyl (C=O) groups excluding carboxylic acids is 1. The van der Waals surface area contributed by atoms with Gasteiger partial charge in [-0.2, -0.15) is 9.61 Å². The highest BCUT2D eigenvalue weighted by Gasteiger charge is 2.27. The lowest BCUT2D eigenvalue weighted by Gasteiger charge is -2.31. The molecule has 0 atom stereocenters. The second-order valence-corrected chi connectivity index (χ2v) is 10.6. The zero-order valence-corrected chi connectivity index (χ0v) is 20.3. The fourth-order valence-corrected chi connectivity index (χ4v) is 4.60. The molecule has 0 saturated carbocycles. The molecule has 1 fully saturated rings. The number of sulfone groups is 1. The van der Waals surface area contributed by atoms with Gasteiger partial charge in [0.05, 0.1) is 22.3 Å². The fraction of sp³-hybridized carbons (Fsp3) is 0.435. The molecule has 4 rings (SSSR count). The van der Waals surface area contributed by atoms with Gasteiger partial charge in [0, 0.05) is 50.0 Å². The number of hydrogen-bond acceptors (Lipinski definition) is 7. The molecule has 9 nitrogen and oxygen atoms in total. The maximum atomic E-state index is 14.9. The van der Waals surface area contributed by atoms with E-state index in [0.717, 1.165) is 12.3 Å². The minimum Gasteiger partial charge on any atom is -0.474 e. The van der Waals surface area contributed by atoms with E-state index in [1.807, 2.05) is 13.8 Å². The number of halogens is 1. The van der Waals surface area contributed by atoms with Crippen molar-refractivity contribution >= 4 is 21.6 Å². The smallest absolute Gasteiger partial charge is 0.410 e. The summed E-state index contributed by atoms with van der Waals surface area (Å²) in [6.07, 6.45) is 3.23. The number of amides is 1. The van der Waals surface area contributed by atoms with Crippen molar-refractivity contribution in [2.24, 2.45) is 0 Å². The lowest BCUT2D eigenvalue weighted by Crippen LogP contribution is -2.42. The van der Waals surface area contributed by atoms with E-state index in [-0.39, 0.29) is 28.8 Å². The minimum atomic E-state index is -3.53. The van der Waals surface area contributed by atoms with Crippen LogP contribution in [0.15, 0.2) is 35.4 Å². The number of rotatable bonds is 5. The molecular formula is C23H27FN4O5S. The van der Waals surface area contributed by atoms with Crippen LogP contribution >= 0.6 is 0 Å². The molecule has 0 radical (unpaired) electrons. The summed E-state index contributed by atoms with van der Waals surface area (Å²) in [5.41, 5.74) is 1.61. The molecule has 3 aromatic rings. The summed E-state index contributed by atoms with van der Waals surface area (Å²) in [7, 11) is -3.53. The van der Waals surface area contributed by atoms with Crippen molar-refractivity contribution < 1.29 is 27.1 Å². The van der Waals surface area contributed by atoms with Gasteiger partial charge < -0.3 is 14.4 Å². The van der Waals surface area contributed by atoms with E-state index < -0.39 is 15.7 Å². The summed E-state index contributed by atoms with van der Waals surface area (Å²) in [5.74, 6) is -0.217.